The summed E-state index contributed by atoms with van der Waals surface area (Å²) in [5.74, 6) is 2.81. The number of imide groups is 2. The van der Waals surface area contributed by atoms with Crippen LogP contribution in [0.25, 0.3) is 33.1 Å². The van der Waals surface area contributed by atoms with Crippen LogP contribution < -0.4 is 23.5 Å². The van der Waals surface area contributed by atoms with E-state index in [1.165, 1.54) is 51.1 Å². The smallest absolute Gasteiger partial charge is 0.420 e. The number of ether oxygens (including phenoxy) is 6. The molecule has 28 nitrogen and oxygen atoms in total. The van der Waals surface area contributed by atoms with Crippen LogP contribution in [-0.2, 0) is 73.1 Å². The van der Waals surface area contributed by atoms with E-state index in [1.807, 2.05) is 151 Å². The number of quaternary nitrogens is 1. The minimum absolute atomic E-state index is 0. The number of aromatic nitrogens is 9. The highest BCUT2D eigenvalue weighted by Gasteiger charge is 2.37. The van der Waals surface area contributed by atoms with Gasteiger partial charge in [-0.25, -0.2) is 62.7 Å². The van der Waals surface area contributed by atoms with Crippen LogP contribution in [-0.4, -0.2) is 185 Å². The topological polar surface area (TPSA) is 329 Å². The number of aromatic amines is 1. The number of nitrogens with two attached hydrogens (primary N) is 2. The Morgan fingerprint density at radius 2 is 0.824 bits per heavy atom. The molecule has 0 spiro atoms. The van der Waals surface area contributed by atoms with Crippen molar-refractivity contribution in [1.82, 2.24) is 63.6 Å². The molecule has 31 heteroatoms. The van der Waals surface area contributed by atoms with E-state index in [4.69, 9.17) is 77.3 Å². The zero-order valence-corrected chi connectivity index (χ0v) is 83.3. The second kappa shape index (κ2) is 52.4. The first-order valence-electron chi connectivity index (χ1n) is 46.4. The van der Waals surface area contributed by atoms with Crippen molar-refractivity contribution in [3.63, 3.8) is 0 Å². The number of pyridine rings is 3. The van der Waals surface area contributed by atoms with Gasteiger partial charge in [-0.15, -0.1) is 23.2 Å². The van der Waals surface area contributed by atoms with Crippen molar-refractivity contribution < 1.29 is 74.9 Å². The fourth-order valence-electron chi connectivity index (χ4n) is 16.1. The average Bonchev–Trinajstić information content (AvgIpc) is 1.59. The number of carbonyl (C=O) groups excluding carboxylic acids is 6. The fourth-order valence-corrected chi connectivity index (χ4v) is 16.4. The second-order valence-corrected chi connectivity index (χ2v) is 40.2. The monoisotopic (exact) mass is 1930 g/mol. The molecular weight excluding hydrogens is 1780 g/mol. The number of nitrogens with one attached hydrogen (secondary N) is 1. The molecule has 136 heavy (non-hydrogen) atoms. The highest BCUT2D eigenvalue weighted by atomic mass is 35.5. The summed E-state index contributed by atoms with van der Waals surface area (Å²) in [6.07, 6.45) is 17.5. The number of fused-ring (bicyclic) bond motifs is 7. The number of unbranched alkanes of at least 4 members (excludes halogenated alkanes) is 3. The molecule has 6 aromatic heterocycles. The SMILES string of the molecule is C.C.C.CC(C)(C)OC(=O)N(CCCCN(Cc1nc2ccccc2n1C(=O)OC(C)(C)C)[C@H]1CCCc2cccnc21)C(=O)OC(C)(C)C.CC(C)(C)OC(=O)N(CCCC[NH2+][C@H]1CCCc2cccnc21)C(=O)OC(C)(C)C.CC(C)(C)OC(=O)n1c(CCl)nc2ccccc21.ClCC1=Nc2ccccc2C1.NCCCCN(Cc1nc2ccccc2[nH]1)[C@H]1CCCc2cccnc21.[Cl-]. The predicted octanol–water partition coefficient (Wildman–Crippen LogP) is 20.6. The van der Waals surface area contributed by atoms with Crippen LogP contribution >= 0.6 is 23.2 Å². The van der Waals surface area contributed by atoms with Gasteiger partial charge in [-0.1, -0.05) is 95.1 Å². The first-order chi connectivity index (χ1) is 62.5. The van der Waals surface area contributed by atoms with Crippen molar-refractivity contribution >= 4 is 104 Å². The molecule has 0 unspecified atom stereocenters. The minimum atomic E-state index is -0.769. The van der Waals surface area contributed by atoms with Gasteiger partial charge < -0.3 is 56.9 Å². The highest BCUT2D eigenvalue weighted by Crippen LogP contribution is 2.38. The Bertz CT molecular complexity index is 5430. The summed E-state index contributed by atoms with van der Waals surface area (Å²) in [5, 5.41) is 2.33. The molecular formula is C105H151Cl3N16O12. The van der Waals surface area contributed by atoms with E-state index >= 15 is 0 Å². The third kappa shape index (κ3) is 34.9. The Morgan fingerprint density at radius 1 is 0.434 bits per heavy atom. The third-order valence-corrected chi connectivity index (χ3v) is 22.2. The van der Waals surface area contributed by atoms with Gasteiger partial charge in [0.1, 0.15) is 62.8 Å². The van der Waals surface area contributed by atoms with Gasteiger partial charge >= 0.3 is 36.6 Å². The molecule has 7 heterocycles. The zero-order valence-electron chi connectivity index (χ0n) is 81.1. The largest absolute Gasteiger partial charge is 1.00 e. The maximum atomic E-state index is 13.6. The molecule has 4 amide bonds. The number of aliphatic imine (C=N–C) groups is 1. The van der Waals surface area contributed by atoms with Crippen LogP contribution in [0.4, 0.5) is 34.5 Å². The van der Waals surface area contributed by atoms with Gasteiger partial charge in [0.05, 0.1) is 93.7 Å². The van der Waals surface area contributed by atoms with Crippen LogP contribution in [0.1, 0.15) is 299 Å². The number of hydrogen-bond acceptors (Lipinski definition) is 22. The van der Waals surface area contributed by atoms with Crippen molar-refractivity contribution in [2.24, 2.45) is 10.7 Å². The summed E-state index contributed by atoms with van der Waals surface area (Å²) in [6, 6.07) is 44.6. The molecule has 3 aliphatic carbocycles. The first-order valence-corrected chi connectivity index (χ1v) is 47.5. The van der Waals surface area contributed by atoms with Crippen LogP contribution in [0.15, 0.2) is 157 Å². The van der Waals surface area contributed by atoms with Gasteiger partial charge in [-0.2, -0.15) is 0 Å². The summed E-state index contributed by atoms with van der Waals surface area (Å²) >= 11 is 11.5. The molecule has 1 aliphatic heterocycles. The zero-order chi connectivity index (χ0) is 95.7. The standard InChI is InChI=1S/C36H51N5O6.C23H37N3O4.C21H27N5.C13H15ClN2O2.C9H8ClN.3CH4.ClH/c1-34(2,3)45-31(42)40(32(43)46-35(4,5)6)23-13-12-22-39(28-20-14-16-25-17-15-21-37-30(25)28)24-29-38-26-18-10-11-19-27(26)41(29)33(44)47-36(7,8)9;1-22(2,3)29-20(27)26(21(28)30-23(4,5)6)16-8-7-14-24-18-13-9-11-17-12-10-15-25-19(17)18;22-12-3-4-14-26(15-20-24-17-9-1-2-10-18(17)25-20)19-11-5-7-16-8-6-13-23-21(16)19;1-13(2,3)18-12(17)16-10-7-5-4-6-9(10)15-11(16)8-14;10-6-8-5-7-3-1-2-4-9(7)11-8;;;;/h10-11,15,17-19,21,28H,12-14,16,20,22-24H2,1-9H3;10,12,15,18,24H,7-9,11,13-14,16H2,1-6H3;1-2,6,8-10,13,19H,3-5,7,11-12,14-15,22H2,(H,24,25);4-7H,8H2,1-3H3;1-4H,5-6H2;3*1H4;1H/t28-;18-;19-;;;;;;/m000....../s1. The van der Waals surface area contributed by atoms with E-state index in [-0.39, 0.29) is 59.7 Å². The molecule has 744 valence electrons. The van der Waals surface area contributed by atoms with Crippen molar-refractivity contribution in [3.05, 3.63) is 209 Å². The first kappa shape index (κ1) is 114. The predicted molar refractivity (Wildman–Crippen MR) is 539 cm³/mol. The molecule has 4 aliphatic rings. The van der Waals surface area contributed by atoms with Crippen molar-refractivity contribution in [2.45, 2.75) is 320 Å². The molecule has 10 aromatic rings. The van der Waals surface area contributed by atoms with Gasteiger partial charge in [0, 0.05) is 50.2 Å². The summed E-state index contributed by atoms with van der Waals surface area (Å²) in [5.41, 5.74) is 17.5. The molecule has 0 bridgehead atoms. The van der Waals surface area contributed by atoms with E-state index in [0.29, 0.717) is 78.5 Å². The number of hydrogen-bond donors (Lipinski definition) is 3. The molecule has 0 saturated heterocycles. The number of benzene rings is 4. The number of H-pyrrole nitrogens is 1. The van der Waals surface area contributed by atoms with Gasteiger partial charge in [0.15, 0.2) is 0 Å². The Morgan fingerprint density at radius 3 is 1.28 bits per heavy atom. The lowest BCUT2D eigenvalue weighted by molar-refractivity contribution is -0.698. The summed E-state index contributed by atoms with van der Waals surface area (Å²) in [4.78, 5) is 120. The summed E-state index contributed by atoms with van der Waals surface area (Å²) < 4.78 is 36.0. The lowest BCUT2D eigenvalue weighted by atomic mass is 9.90. The molecule has 0 radical (unpaired) electrons. The van der Waals surface area contributed by atoms with Gasteiger partial charge in [-0.3, -0.25) is 29.7 Å². The molecule has 4 aromatic carbocycles. The molecule has 0 fully saturated rings. The molecule has 3 atom stereocenters. The summed E-state index contributed by atoms with van der Waals surface area (Å²) in [7, 11) is 0. The average molecular weight is 1940 g/mol. The summed E-state index contributed by atoms with van der Waals surface area (Å²) in [6.45, 7) is 37.1. The van der Waals surface area contributed by atoms with E-state index in [1.54, 1.807) is 87.7 Å². The van der Waals surface area contributed by atoms with Crippen LogP contribution in [0.5, 0.6) is 0 Å². The van der Waals surface area contributed by atoms with Gasteiger partial charge in [-0.05, 0) is 317 Å². The molecule has 5 N–H and O–H groups in total. The van der Waals surface area contributed by atoms with Crippen LogP contribution in [0.2, 0.25) is 0 Å². The number of para-hydroxylation sites is 7. The number of amides is 4. The van der Waals surface area contributed by atoms with E-state index in [2.05, 4.69) is 77.5 Å². The molecule has 0 saturated carbocycles. The number of rotatable bonds is 23. The van der Waals surface area contributed by atoms with E-state index in [0.717, 1.165) is 146 Å². The van der Waals surface area contributed by atoms with E-state index in [9.17, 15) is 28.8 Å². The van der Waals surface area contributed by atoms with Crippen LogP contribution in [0, 0.1) is 0 Å². The number of nitrogens with zero attached hydrogens (tertiary/aromatic N) is 13. The van der Waals surface area contributed by atoms with Gasteiger partial charge in [0.2, 0.25) is 0 Å². The maximum Gasteiger partial charge on any atom is 0.420 e. The lowest BCUT2D eigenvalue weighted by Crippen LogP contribution is -3.00. The second-order valence-electron chi connectivity index (χ2n) is 39.7. The number of imidazole rings is 3. The Labute approximate surface area is 822 Å². The quantitative estimate of drug-likeness (QED) is 0.0304. The third-order valence-electron chi connectivity index (χ3n) is 21.7. The Kier molecular flexibility index (Phi) is 44.0. The van der Waals surface area contributed by atoms with Crippen molar-refractivity contribution in [1.29, 1.82) is 0 Å². The number of aryl methyl sites for hydroxylation is 3. The Hall–Kier alpha value is -10.5. The molecule has 14 rings (SSSR count). The van der Waals surface area contributed by atoms with Crippen molar-refractivity contribution in [3.8, 4) is 0 Å². The van der Waals surface area contributed by atoms with Crippen LogP contribution in [0.3, 0.4) is 0 Å². The fraction of sp³-hybridized carbons (Fsp3) is 0.533. The number of carbonyl (C=O) groups is 6. The van der Waals surface area contributed by atoms with Crippen molar-refractivity contribution in [2.75, 3.05) is 45.1 Å². The van der Waals surface area contributed by atoms with E-state index < -0.39 is 70.2 Å². The number of halogens is 3. The Balaban J connectivity index is 0.000000277. The number of alkyl halides is 2. The normalized spacial score (nSPS) is 14.9. The van der Waals surface area contributed by atoms with Gasteiger partial charge in [0.25, 0.3) is 0 Å². The maximum absolute atomic E-state index is 13.6. The highest BCUT2D eigenvalue weighted by molar-refractivity contribution is 6.29. The minimum Gasteiger partial charge on any atom is -1.00 e. The lowest BCUT2D eigenvalue weighted by Gasteiger charge is -2.35.